The van der Waals surface area contributed by atoms with E-state index in [-0.39, 0.29) is 53.7 Å². The molecule has 34 heavy (non-hydrogen) atoms. The molecule has 1 heterocycles. The van der Waals surface area contributed by atoms with Crippen molar-refractivity contribution in [2.45, 2.75) is 32.6 Å². The number of likely N-dealkylation sites (tertiary alicyclic amines) is 1. The van der Waals surface area contributed by atoms with Crippen molar-refractivity contribution in [3.8, 4) is 0 Å². The minimum atomic E-state index is -0.581. The SMILES string of the molecule is Cc1ccc(NC(=O)c2ccc(NCCN3C(=O)[C@@H]4CCCC[C@H]4C3=O)c([N+](=O)[O-])c2)cc1Cl. The topological polar surface area (TPSA) is 122 Å². The van der Waals surface area contributed by atoms with Gasteiger partial charge >= 0.3 is 0 Å². The molecule has 178 valence electrons. The third-order valence-electron chi connectivity index (χ3n) is 6.47. The van der Waals surface area contributed by atoms with Crippen LogP contribution in [0.2, 0.25) is 5.02 Å². The normalized spacial score (nSPS) is 19.6. The number of amides is 3. The molecule has 1 aliphatic carbocycles. The lowest BCUT2D eigenvalue weighted by molar-refractivity contribution is -0.384. The van der Waals surface area contributed by atoms with Gasteiger partial charge in [0.25, 0.3) is 11.6 Å². The highest BCUT2D eigenvalue weighted by molar-refractivity contribution is 6.31. The number of halogens is 1. The first-order valence-corrected chi connectivity index (χ1v) is 11.6. The van der Waals surface area contributed by atoms with Crippen molar-refractivity contribution >= 4 is 46.4 Å². The zero-order valence-corrected chi connectivity index (χ0v) is 19.4. The smallest absolute Gasteiger partial charge is 0.293 e. The van der Waals surface area contributed by atoms with Crippen LogP contribution in [0.25, 0.3) is 0 Å². The van der Waals surface area contributed by atoms with E-state index in [9.17, 15) is 24.5 Å². The first-order chi connectivity index (χ1) is 16.3. The van der Waals surface area contributed by atoms with Gasteiger partial charge in [-0.15, -0.1) is 0 Å². The molecule has 0 bridgehead atoms. The van der Waals surface area contributed by atoms with Gasteiger partial charge in [0.05, 0.1) is 16.8 Å². The summed E-state index contributed by atoms with van der Waals surface area (Å²) in [6, 6.07) is 9.17. The number of hydrogen-bond acceptors (Lipinski definition) is 6. The van der Waals surface area contributed by atoms with Gasteiger partial charge in [0.1, 0.15) is 5.69 Å². The molecule has 2 aromatic rings. The second-order valence-corrected chi connectivity index (χ2v) is 9.07. The van der Waals surface area contributed by atoms with Crippen LogP contribution < -0.4 is 10.6 Å². The molecule has 10 heteroatoms. The molecule has 0 spiro atoms. The summed E-state index contributed by atoms with van der Waals surface area (Å²) in [7, 11) is 0. The van der Waals surface area contributed by atoms with Crippen LogP contribution in [0.4, 0.5) is 17.1 Å². The fraction of sp³-hybridized carbons (Fsp3) is 0.375. The van der Waals surface area contributed by atoms with E-state index in [0.717, 1.165) is 31.2 Å². The average molecular weight is 485 g/mol. The largest absolute Gasteiger partial charge is 0.378 e. The van der Waals surface area contributed by atoms with Gasteiger partial charge in [-0.25, -0.2) is 0 Å². The number of anilines is 2. The molecule has 2 N–H and O–H groups in total. The van der Waals surface area contributed by atoms with Gasteiger partial charge in [-0.05, 0) is 49.6 Å². The van der Waals surface area contributed by atoms with Crippen LogP contribution in [-0.2, 0) is 9.59 Å². The Kier molecular flexibility index (Phi) is 6.83. The number of carbonyl (C=O) groups is 3. The van der Waals surface area contributed by atoms with Crippen molar-refractivity contribution < 1.29 is 19.3 Å². The maximum absolute atomic E-state index is 12.6. The van der Waals surface area contributed by atoms with Crippen LogP contribution in [0.1, 0.15) is 41.6 Å². The van der Waals surface area contributed by atoms with Crippen molar-refractivity contribution in [2.24, 2.45) is 11.8 Å². The summed E-state index contributed by atoms with van der Waals surface area (Å²) >= 11 is 6.09. The Hall–Kier alpha value is -3.46. The van der Waals surface area contributed by atoms with Gasteiger partial charge in [-0.1, -0.05) is 30.5 Å². The molecular weight excluding hydrogens is 460 g/mol. The quantitative estimate of drug-likeness (QED) is 0.341. The monoisotopic (exact) mass is 484 g/mol. The molecule has 1 aliphatic heterocycles. The summed E-state index contributed by atoms with van der Waals surface area (Å²) in [5.41, 5.74) is 1.38. The third kappa shape index (κ3) is 4.75. The van der Waals surface area contributed by atoms with Crippen LogP contribution >= 0.6 is 11.6 Å². The van der Waals surface area contributed by atoms with Crippen LogP contribution in [0, 0.1) is 28.9 Å². The van der Waals surface area contributed by atoms with Gasteiger partial charge in [0, 0.05) is 35.4 Å². The van der Waals surface area contributed by atoms with E-state index in [1.165, 1.54) is 23.1 Å². The van der Waals surface area contributed by atoms with Gasteiger partial charge < -0.3 is 10.6 Å². The van der Waals surface area contributed by atoms with Crippen molar-refractivity contribution in [1.29, 1.82) is 0 Å². The van der Waals surface area contributed by atoms with Crippen LogP contribution in [0.15, 0.2) is 36.4 Å². The summed E-state index contributed by atoms with van der Waals surface area (Å²) in [5, 5.41) is 17.7. The van der Waals surface area contributed by atoms with E-state index in [4.69, 9.17) is 11.6 Å². The molecule has 1 saturated heterocycles. The standard InChI is InChI=1S/C24H25ClN4O5/c1-14-6-8-16(13-19(14)25)27-22(30)15-7-9-20(21(12-15)29(33)34)26-10-11-28-23(31)17-4-2-3-5-18(17)24(28)32/h6-9,12-13,17-18,26H,2-5,10-11H2,1H3,(H,27,30)/t17-,18-/m1/s1. The number of benzene rings is 2. The van der Waals surface area contributed by atoms with E-state index in [1.54, 1.807) is 18.2 Å². The number of fused-ring (bicyclic) bond motifs is 1. The first kappa shape index (κ1) is 23.7. The number of carbonyl (C=O) groups excluding carboxylic acids is 3. The summed E-state index contributed by atoms with van der Waals surface area (Å²) in [6.07, 6.45) is 3.39. The molecule has 1 saturated carbocycles. The molecule has 2 aliphatic rings. The summed E-state index contributed by atoms with van der Waals surface area (Å²) in [5.74, 6) is -1.25. The summed E-state index contributed by atoms with van der Waals surface area (Å²) in [4.78, 5) is 50.1. The molecule has 0 radical (unpaired) electrons. The minimum Gasteiger partial charge on any atom is -0.378 e. The van der Waals surface area contributed by atoms with E-state index in [0.29, 0.717) is 10.7 Å². The maximum atomic E-state index is 12.6. The minimum absolute atomic E-state index is 0.114. The van der Waals surface area contributed by atoms with E-state index in [2.05, 4.69) is 10.6 Å². The van der Waals surface area contributed by atoms with E-state index in [1.807, 2.05) is 6.92 Å². The molecule has 4 rings (SSSR count). The Bertz CT molecular complexity index is 1140. The zero-order valence-electron chi connectivity index (χ0n) is 18.7. The number of aryl methyl sites for hydroxylation is 1. The molecule has 0 aromatic heterocycles. The number of nitro benzene ring substituents is 1. The number of nitrogens with zero attached hydrogens (tertiary/aromatic N) is 2. The van der Waals surface area contributed by atoms with Crippen molar-refractivity contribution in [2.75, 3.05) is 23.7 Å². The number of hydrogen-bond donors (Lipinski definition) is 2. The van der Waals surface area contributed by atoms with E-state index >= 15 is 0 Å². The van der Waals surface area contributed by atoms with Crippen LogP contribution in [0.5, 0.6) is 0 Å². The molecule has 9 nitrogen and oxygen atoms in total. The Morgan fingerprint density at radius 2 is 1.79 bits per heavy atom. The fourth-order valence-corrected chi connectivity index (χ4v) is 4.78. The maximum Gasteiger partial charge on any atom is 0.293 e. The number of imide groups is 1. The Labute approximate surface area is 201 Å². The number of nitrogens with one attached hydrogen (secondary N) is 2. The predicted octanol–water partition coefficient (Wildman–Crippen LogP) is 4.40. The van der Waals surface area contributed by atoms with Crippen molar-refractivity contribution in [3.63, 3.8) is 0 Å². The number of rotatable bonds is 7. The lowest BCUT2D eigenvalue weighted by atomic mass is 9.81. The molecule has 0 unspecified atom stereocenters. The zero-order chi connectivity index (χ0) is 24.4. The van der Waals surface area contributed by atoms with E-state index < -0.39 is 10.8 Å². The summed E-state index contributed by atoms with van der Waals surface area (Å²) in [6.45, 7) is 2.15. The summed E-state index contributed by atoms with van der Waals surface area (Å²) < 4.78 is 0. The van der Waals surface area contributed by atoms with Gasteiger partial charge in [0.2, 0.25) is 11.8 Å². The Balaban J connectivity index is 1.42. The van der Waals surface area contributed by atoms with Gasteiger partial charge in [0.15, 0.2) is 0 Å². The van der Waals surface area contributed by atoms with Crippen molar-refractivity contribution in [1.82, 2.24) is 4.90 Å². The third-order valence-corrected chi connectivity index (χ3v) is 6.88. The van der Waals surface area contributed by atoms with Crippen LogP contribution in [-0.4, -0.2) is 40.6 Å². The lowest BCUT2D eigenvalue weighted by Crippen LogP contribution is -2.35. The molecule has 2 atom stereocenters. The van der Waals surface area contributed by atoms with Gasteiger partial charge in [-0.2, -0.15) is 0 Å². The van der Waals surface area contributed by atoms with Crippen molar-refractivity contribution in [3.05, 3.63) is 62.7 Å². The second kappa shape index (κ2) is 9.80. The second-order valence-electron chi connectivity index (χ2n) is 8.66. The molecule has 2 aromatic carbocycles. The number of nitro groups is 1. The highest BCUT2D eigenvalue weighted by Gasteiger charge is 2.47. The fourth-order valence-electron chi connectivity index (χ4n) is 4.60. The average Bonchev–Trinajstić information content (AvgIpc) is 3.06. The van der Waals surface area contributed by atoms with Gasteiger partial charge in [-0.3, -0.25) is 29.4 Å². The first-order valence-electron chi connectivity index (χ1n) is 11.2. The highest BCUT2D eigenvalue weighted by Crippen LogP contribution is 2.38. The molecule has 2 fully saturated rings. The highest BCUT2D eigenvalue weighted by atomic mass is 35.5. The Morgan fingerprint density at radius 3 is 2.41 bits per heavy atom. The molecular formula is C24H25ClN4O5. The molecule has 3 amide bonds. The Morgan fingerprint density at radius 1 is 1.12 bits per heavy atom. The lowest BCUT2D eigenvalue weighted by Gasteiger charge is -2.19. The van der Waals surface area contributed by atoms with Crippen LogP contribution in [0.3, 0.4) is 0 Å². The predicted molar refractivity (Wildman–Crippen MR) is 128 cm³/mol.